The van der Waals surface area contributed by atoms with Crippen LogP contribution in [-0.2, 0) is 13.1 Å². The number of hydrogen-bond acceptors (Lipinski definition) is 8. The number of methoxy groups -OCH3 is 1. The van der Waals surface area contributed by atoms with Gasteiger partial charge in [0.1, 0.15) is 16.5 Å². The predicted octanol–water partition coefficient (Wildman–Crippen LogP) is 4.45. The molecule has 0 spiro atoms. The lowest BCUT2D eigenvalue weighted by atomic mass is 10.1. The van der Waals surface area contributed by atoms with E-state index in [4.69, 9.17) is 4.74 Å². The van der Waals surface area contributed by atoms with Crippen LogP contribution in [0.25, 0.3) is 26.5 Å². The van der Waals surface area contributed by atoms with Gasteiger partial charge in [-0.15, -0.1) is 21.5 Å². The van der Waals surface area contributed by atoms with Crippen molar-refractivity contribution < 1.29 is 27.1 Å². The average Bonchev–Trinajstić information content (AvgIpc) is 3.38. The summed E-state index contributed by atoms with van der Waals surface area (Å²) in [6.07, 6.45) is -2.70. The molecule has 16 heteroatoms. The number of halogens is 4. The van der Waals surface area contributed by atoms with Crippen LogP contribution >= 0.6 is 11.3 Å². The Labute approximate surface area is 262 Å². The molecule has 0 atom stereocenters. The Hall–Kier alpha value is -5.09. The molecule has 5 rings (SSSR count). The Morgan fingerprint density at radius 1 is 1.00 bits per heavy atom. The van der Waals surface area contributed by atoms with Crippen LogP contribution in [0.3, 0.4) is 0 Å². The molecule has 11 nitrogen and oxygen atoms in total. The van der Waals surface area contributed by atoms with E-state index in [0.717, 1.165) is 32.6 Å². The van der Waals surface area contributed by atoms with Crippen molar-refractivity contribution in [3.05, 3.63) is 98.2 Å². The van der Waals surface area contributed by atoms with E-state index in [-0.39, 0.29) is 34.0 Å². The summed E-state index contributed by atoms with van der Waals surface area (Å²) < 4.78 is 61.6. The second-order valence-corrected chi connectivity index (χ2v) is 11.3. The lowest BCUT2D eigenvalue weighted by Crippen LogP contribution is -2.39. The number of carbonyl (C=O) groups excluding carboxylic acids is 1. The molecule has 2 amide bonds. The first-order valence-corrected chi connectivity index (χ1v) is 14.5. The number of aromatic nitrogens is 4. The van der Waals surface area contributed by atoms with E-state index in [1.165, 1.54) is 25.3 Å². The Morgan fingerprint density at radius 3 is 2.28 bits per heavy atom. The van der Waals surface area contributed by atoms with Gasteiger partial charge in [0.25, 0.3) is 12.0 Å². The summed E-state index contributed by atoms with van der Waals surface area (Å²) in [5, 5.41) is 12.5. The van der Waals surface area contributed by atoms with Crippen molar-refractivity contribution in [1.29, 1.82) is 0 Å². The molecule has 0 unspecified atom stereocenters. The number of nitrogens with zero attached hydrogens (tertiary/aromatic N) is 5. The third-order valence-electron chi connectivity index (χ3n) is 6.81. The molecule has 5 aromatic rings. The van der Waals surface area contributed by atoms with Gasteiger partial charge in [0, 0.05) is 28.7 Å². The quantitative estimate of drug-likeness (QED) is 0.213. The van der Waals surface area contributed by atoms with Crippen LogP contribution in [0.5, 0.6) is 5.88 Å². The van der Waals surface area contributed by atoms with E-state index in [2.05, 4.69) is 20.8 Å². The highest BCUT2D eigenvalue weighted by Crippen LogP contribution is 2.38. The summed E-state index contributed by atoms with van der Waals surface area (Å²) in [6.45, 7) is -1.10. The smallest absolute Gasteiger partial charge is 0.338 e. The molecule has 46 heavy (non-hydrogen) atoms. The fourth-order valence-corrected chi connectivity index (χ4v) is 6.05. The number of fused-ring (bicyclic) bond motifs is 1. The molecule has 0 fully saturated rings. The van der Waals surface area contributed by atoms with Crippen LogP contribution in [-0.4, -0.2) is 64.4 Å². The van der Waals surface area contributed by atoms with Crippen molar-refractivity contribution in [1.82, 2.24) is 29.5 Å². The number of thiophene rings is 1. The molecule has 0 aliphatic carbocycles. The topological polar surface area (TPSA) is 123 Å². The zero-order valence-corrected chi connectivity index (χ0v) is 25.5. The van der Waals surface area contributed by atoms with Crippen molar-refractivity contribution in [2.45, 2.75) is 19.5 Å². The Bertz CT molecular complexity index is 1990. The molecule has 0 aliphatic rings. The van der Waals surface area contributed by atoms with Crippen molar-refractivity contribution in [2.75, 3.05) is 33.1 Å². The summed E-state index contributed by atoms with van der Waals surface area (Å²) in [6, 6.07) is 11.7. The molecule has 240 valence electrons. The number of urea groups is 1. The molecule has 2 aromatic carbocycles. The number of rotatable bonds is 10. The summed E-state index contributed by atoms with van der Waals surface area (Å²) >= 11 is 1.08. The number of anilines is 1. The maximum Gasteiger partial charge on any atom is 0.338 e. The van der Waals surface area contributed by atoms with Gasteiger partial charge in [-0.05, 0) is 55.6 Å². The van der Waals surface area contributed by atoms with Crippen LogP contribution < -0.4 is 26.6 Å². The number of ether oxygens (including phenoxy) is 1. The maximum atomic E-state index is 14.9. The average molecular weight is 658 g/mol. The third-order valence-corrected chi connectivity index (χ3v) is 8.12. The van der Waals surface area contributed by atoms with Gasteiger partial charge in [-0.25, -0.2) is 31.7 Å². The molecule has 0 aliphatic heterocycles. The predicted molar refractivity (Wildman–Crippen MR) is 165 cm³/mol. The Morgan fingerprint density at radius 2 is 1.70 bits per heavy atom. The maximum absolute atomic E-state index is 14.9. The highest BCUT2D eigenvalue weighted by molar-refractivity contribution is 7.22. The normalized spacial score (nSPS) is 11.4. The first kappa shape index (κ1) is 32.3. The summed E-state index contributed by atoms with van der Waals surface area (Å²) in [5.41, 5.74) is -0.526. The highest BCUT2D eigenvalue weighted by atomic mass is 32.1. The first-order chi connectivity index (χ1) is 22.0. The van der Waals surface area contributed by atoms with Crippen LogP contribution in [0.4, 0.5) is 28.0 Å². The van der Waals surface area contributed by atoms with Crippen LogP contribution in [0.15, 0.2) is 64.2 Å². The molecule has 0 radical (unpaired) electrons. The molecular formula is C30H27F4N7O4S. The summed E-state index contributed by atoms with van der Waals surface area (Å²) in [4.78, 5) is 42.7. The number of benzene rings is 2. The summed E-state index contributed by atoms with van der Waals surface area (Å²) in [7, 11) is 4.95. The van der Waals surface area contributed by atoms with Gasteiger partial charge in [0.15, 0.2) is 5.82 Å². The third kappa shape index (κ3) is 6.62. The molecule has 2 N–H and O–H groups in total. The van der Waals surface area contributed by atoms with Crippen molar-refractivity contribution in [3.8, 4) is 22.1 Å². The zero-order chi connectivity index (χ0) is 33.1. The molecule has 3 heterocycles. The van der Waals surface area contributed by atoms with Crippen LogP contribution in [0.2, 0.25) is 0 Å². The number of carbonyl (C=O) groups is 1. The van der Waals surface area contributed by atoms with E-state index in [9.17, 15) is 31.9 Å². The molecule has 0 saturated heterocycles. The fraction of sp³-hybridized carbons (Fsp3) is 0.233. The molecule has 0 bridgehead atoms. The second kappa shape index (κ2) is 13.5. The van der Waals surface area contributed by atoms with Crippen LogP contribution in [0, 0.1) is 11.6 Å². The lowest BCUT2D eigenvalue weighted by Gasteiger charge is -2.14. The van der Waals surface area contributed by atoms with E-state index in [0.29, 0.717) is 21.7 Å². The molecule has 0 saturated carbocycles. The number of amides is 2. The van der Waals surface area contributed by atoms with Gasteiger partial charge < -0.3 is 20.3 Å². The number of hydrogen-bond donors (Lipinski definition) is 2. The van der Waals surface area contributed by atoms with Gasteiger partial charge in [0.05, 0.1) is 25.6 Å². The highest BCUT2D eigenvalue weighted by Gasteiger charge is 2.26. The Balaban J connectivity index is 1.72. The molecule has 3 aromatic heterocycles. The van der Waals surface area contributed by atoms with Gasteiger partial charge in [-0.1, -0.05) is 18.2 Å². The fourth-order valence-electron chi connectivity index (χ4n) is 4.74. The number of alkyl halides is 2. The first-order valence-electron chi connectivity index (χ1n) is 13.7. The standard InChI is InChI=1S/C30H27F4N7O4S/c1-39(2)14-19-25-27(42)41(23-11-12-24(45-3)38-37-23)30(44)40(15-18-20(31)5-4-6-21(18)32)28(25)46-26(19)16-7-9-17(10-8-16)36-29(43)35-13-22(33)34/h4-12,22H,13-15H2,1-3H3,(H2,35,36,43). The SMILES string of the molecule is COc1ccc(-n2c(=O)c3c(CN(C)C)c(-c4ccc(NC(=O)NCC(F)F)cc4)sc3n(Cc3c(F)cccc3F)c2=O)nn1. The summed E-state index contributed by atoms with van der Waals surface area (Å²) in [5.74, 6) is -1.72. The lowest BCUT2D eigenvalue weighted by molar-refractivity contribution is 0.148. The van der Waals surface area contributed by atoms with E-state index < -0.39 is 48.4 Å². The van der Waals surface area contributed by atoms with Crippen LogP contribution in [0.1, 0.15) is 11.1 Å². The zero-order valence-electron chi connectivity index (χ0n) is 24.7. The van der Waals surface area contributed by atoms with E-state index >= 15 is 0 Å². The van der Waals surface area contributed by atoms with Crippen molar-refractivity contribution >= 4 is 33.3 Å². The van der Waals surface area contributed by atoms with Crippen molar-refractivity contribution in [3.63, 3.8) is 0 Å². The minimum absolute atomic E-state index is 0.121. The van der Waals surface area contributed by atoms with Crippen molar-refractivity contribution in [2.24, 2.45) is 0 Å². The van der Waals surface area contributed by atoms with E-state index in [1.54, 1.807) is 38.4 Å². The minimum atomic E-state index is -2.70. The van der Waals surface area contributed by atoms with Gasteiger partial charge in [0.2, 0.25) is 5.88 Å². The monoisotopic (exact) mass is 657 g/mol. The van der Waals surface area contributed by atoms with E-state index in [1.807, 2.05) is 4.90 Å². The second-order valence-electron chi connectivity index (χ2n) is 10.3. The Kier molecular flexibility index (Phi) is 9.48. The minimum Gasteiger partial charge on any atom is -0.480 e. The van der Waals surface area contributed by atoms with Gasteiger partial charge in [-0.2, -0.15) is 0 Å². The largest absolute Gasteiger partial charge is 0.480 e. The van der Waals surface area contributed by atoms with Gasteiger partial charge in [-0.3, -0.25) is 9.36 Å². The molecular weight excluding hydrogens is 630 g/mol. The number of nitrogens with one attached hydrogen (secondary N) is 2. The van der Waals surface area contributed by atoms with Gasteiger partial charge >= 0.3 is 11.7 Å².